The van der Waals surface area contributed by atoms with Gasteiger partial charge in [-0.25, -0.2) is 4.98 Å². The third kappa shape index (κ3) is 3.61. The Morgan fingerprint density at radius 1 is 1.35 bits per heavy atom. The van der Waals surface area contributed by atoms with Gasteiger partial charge in [-0.15, -0.1) is 0 Å². The highest BCUT2D eigenvalue weighted by Crippen LogP contribution is 2.27. The number of aromatic nitrogens is 2. The molecule has 1 saturated heterocycles. The van der Waals surface area contributed by atoms with Gasteiger partial charge in [0.25, 0.3) is 0 Å². The second-order valence-corrected chi connectivity index (χ2v) is 5.98. The molecule has 0 aromatic carbocycles. The van der Waals surface area contributed by atoms with Crippen LogP contribution in [0.5, 0.6) is 0 Å². The SMILES string of the molecule is CCCC1CCCN(C(CN)c2cncn2CC)CC1. The lowest BCUT2D eigenvalue weighted by molar-refractivity contribution is 0.199. The van der Waals surface area contributed by atoms with Gasteiger partial charge < -0.3 is 10.3 Å². The van der Waals surface area contributed by atoms with Crippen LogP contribution in [0.2, 0.25) is 0 Å². The monoisotopic (exact) mass is 278 g/mol. The van der Waals surface area contributed by atoms with Crippen LogP contribution >= 0.6 is 0 Å². The molecular formula is C16H30N4. The molecule has 20 heavy (non-hydrogen) atoms. The summed E-state index contributed by atoms with van der Waals surface area (Å²) in [7, 11) is 0. The van der Waals surface area contributed by atoms with Gasteiger partial charge in [0.1, 0.15) is 0 Å². The molecular weight excluding hydrogens is 248 g/mol. The summed E-state index contributed by atoms with van der Waals surface area (Å²) in [6.07, 6.45) is 10.6. The van der Waals surface area contributed by atoms with E-state index >= 15 is 0 Å². The van der Waals surface area contributed by atoms with Gasteiger partial charge in [-0.3, -0.25) is 4.90 Å². The molecule has 1 aliphatic heterocycles. The lowest BCUT2D eigenvalue weighted by Gasteiger charge is -2.30. The molecule has 4 heteroatoms. The summed E-state index contributed by atoms with van der Waals surface area (Å²) in [5, 5.41) is 0. The van der Waals surface area contributed by atoms with Crippen LogP contribution in [-0.4, -0.2) is 34.1 Å². The minimum absolute atomic E-state index is 0.331. The van der Waals surface area contributed by atoms with Crippen molar-refractivity contribution in [3.05, 3.63) is 18.2 Å². The summed E-state index contributed by atoms with van der Waals surface area (Å²) in [6, 6.07) is 0.331. The normalized spacial score (nSPS) is 22.6. The maximum atomic E-state index is 6.08. The Kier molecular flexibility index (Phi) is 6.05. The molecule has 0 amide bonds. The molecule has 2 rings (SSSR count). The lowest BCUT2D eigenvalue weighted by atomic mass is 9.96. The van der Waals surface area contributed by atoms with Gasteiger partial charge in [0.15, 0.2) is 0 Å². The van der Waals surface area contributed by atoms with E-state index in [-0.39, 0.29) is 0 Å². The molecule has 1 aliphatic rings. The number of likely N-dealkylation sites (tertiary alicyclic amines) is 1. The molecule has 2 atom stereocenters. The Bertz CT molecular complexity index is 388. The van der Waals surface area contributed by atoms with Crippen molar-refractivity contribution in [3.63, 3.8) is 0 Å². The molecule has 0 aliphatic carbocycles. The van der Waals surface area contributed by atoms with Crippen molar-refractivity contribution < 1.29 is 0 Å². The molecule has 0 bridgehead atoms. The first-order valence-corrected chi connectivity index (χ1v) is 8.24. The predicted molar refractivity (Wildman–Crippen MR) is 83.5 cm³/mol. The van der Waals surface area contributed by atoms with Crippen LogP contribution in [0.15, 0.2) is 12.5 Å². The van der Waals surface area contributed by atoms with E-state index in [9.17, 15) is 0 Å². The molecule has 1 aromatic heterocycles. The zero-order chi connectivity index (χ0) is 14.4. The fourth-order valence-corrected chi connectivity index (χ4v) is 3.53. The first kappa shape index (κ1) is 15.5. The first-order chi connectivity index (χ1) is 9.80. The Labute approximate surface area is 123 Å². The summed E-state index contributed by atoms with van der Waals surface area (Å²) in [5.74, 6) is 0.916. The molecule has 114 valence electrons. The van der Waals surface area contributed by atoms with Crippen molar-refractivity contribution in [2.75, 3.05) is 19.6 Å². The number of imidazole rings is 1. The van der Waals surface area contributed by atoms with Crippen LogP contribution in [-0.2, 0) is 6.54 Å². The average molecular weight is 278 g/mol. The second-order valence-electron chi connectivity index (χ2n) is 5.98. The minimum Gasteiger partial charge on any atom is -0.333 e. The number of nitrogens with two attached hydrogens (primary N) is 1. The van der Waals surface area contributed by atoms with Gasteiger partial charge in [-0.1, -0.05) is 19.8 Å². The van der Waals surface area contributed by atoms with Gasteiger partial charge in [0.05, 0.1) is 18.1 Å². The summed E-state index contributed by atoms with van der Waals surface area (Å²) < 4.78 is 2.23. The van der Waals surface area contributed by atoms with Gasteiger partial charge in [-0.2, -0.15) is 0 Å². The maximum Gasteiger partial charge on any atom is 0.0948 e. The molecule has 1 fully saturated rings. The Morgan fingerprint density at radius 3 is 2.90 bits per heavy atom. The summed E-state index contributed by atoms with van der Waals surface area (Å²) in [4.78, 5) is 6.89. The molecule has 0 radical (unpaired) electrons. The van der Waals surface area contributed by atoms with Crippen LogP contribution in [0, 0.1) is 5.92 Å². The summed E-state index contributed by atoms with van der Waals surface area (Å²) in [6.45, 7) is 8.48. The van der Waals surface area contributed by atoms with E-state index < -0.39 is 0 Å². The van der Waals surface area contributed by atoms with Gasteiger partial charge in [0, 0.05) is 19.3 Å². The maximum absolute atomic E-state index is 6.08. The molecule has 1 aromatic rings. The highest BCUT2D eigenvalue weighted by molar-refractivity contribution is 5.07. The lowest BCUT2D eigenvalue weighted by Crippen LogP contribution is -2.35. The van der Waals surface area contributed by atoms with E-state index in [0.717, 1.165) is 12.5 Å². The highest BCUT2D eigenvalue weighted by Gasteiger charge is 2.25. The van der Waals surface area contributed by atoms with Crippen LogP contribution < -0.4 is 5.73 Å². The van der Waals surface area contributed by atoms with Crippen molar-refractivity contribution in [3.8, 4) is 0 Å². The van der Waals surface area contributed by atoms with E-state index in [1.165, 1.54) is 50.9 Å². The number of rotatable bonds is 6. The van der Waals surface area contributed by atoms with Crippen LogP contribution in [0.25, 0.3) is 0 Å². The molecule has 2 N–H and O–H groups in total. The van der Waals surface area contributed by atoms with E-state index in [0.29, 0.717) is 12.6 Å². The van der Waals surface area contributed by atoms with Crippen LogP contribution in [0.4, 0.5) is 0 Å². The fraction of sp³-hybridized carbons (Fsp3) is 0.812. The van der Waals surface area contributed by atoms with Crippen molar-refractivity contribution in [2.24, 2.45) is 11.7 Å². The highest BCUT2D eigenvalue weighted by atomic mass is 15.2. The minimum atomic E-state index is 0.331. The van der Waals surface area contributed by atoms with Crippen molar-refractivity contribution in [2.45, 2.75) is 58.5 Å². The van der Waals surface area contributed by atoms with E-state index in [1.54, 1.807) is 0 Å². The van der Waals surface area contributed by atoms with E-state index in [2.05, 4.69) is 28.3 Å². The van der Waals surface area contributed by atoms with Gasteiger partial charge >= 0.3 is 0 Å². The molecule has 0 spiro atoms. The molecule has 0 saturated carbocycles. The topological polar surface area (TPSA) is 47.1 Å². The molecule has 2 heterocycles. The quantitative estimate of drug-likeness (QED) is 0.870. The number of hydrogen-bond donors (Lipinski definition) is 1. The van der Waals surface area contributed by atoms with Crippen LogP contribution in [0.3, 0.4) is 0 Å². The fourth-order valence-electron chi connectivity index (χ4n) is 3.53. The third-order valence-corrected chi connectivity index (χ3v) is 4.67. The standard InChI is InChI=1S/C16H30N4/c1-3-6-14-7-5-9-20(10-8-14)15(11-17)16-12-18-13-19(16)4-2/h12-15H,3-11,17H2,1-2H3. The Hall–Kier alpha value is -0.870. The Balaban J connectivity index is 2.04. The van der Waals surface area contributed by atoms with Crippen LogP contribution in [0.1, 0.15) is 57.7 Å². The predicted octanol–water partition coefficient (Wildman–Crippen LogP) is 2.81. The van der Waals surface area contributed by atoms with Gasteiger partial charge in [-0.05, 0) is 45.2 Å². The van der Waals surface area contributed by atoms with Gasteiger partial charge in [0.2, 0.25) is 0 Å². The average Bonchev–Trinajstić information content (AvgIpc) is 2.81. The van der Waals surface area contributed by atoms with Crippen molar-refractivity contribution in [1.29, 1.82) is 0 Å². The molecule has 2 unspecified atom stereocenters. The number of aryl methyl sites for hydroxylation is 1. The summed E-state index contributed by atoms with van der Waals surface area (Å²) in [5.41, 5.74) is 7.36. The van der Waals surface area contributed by atoms with Crippen molar-refractivity contribution >= 4 is 0 Å². The van der Waals surface area contributed by atoms with E-state index in [4.69, 9.17) is 5.73 Å². The first-order valence-electron chi connectivity index (χ1n) is 8.24. The smallest absolute Gasteiger partial charge is 0.0948 e. The molecule has 4 nitrogen and oxygen atoms in total. The van der Waals surface area contributed by atoms with E-state index in [1.807, 2.05) is 12.5 Å². The summed E-state index contributed by atoms with van der Waals surface area (Å²) >= 11 is 0. The second kappa shape index (κ2) is 7.79. The Morgan fingerprint density at radius 2 is 2.20 bits per heavy atom. The number of hydrogen-bond acceptors (Lipinski definition) is 3. The largest absolute Gasteiger partial charge is 0.333 e. The zero-order valence-corrected chi connectivity index (χ0v) is 13.1. The van der Waals surface area contributed by atoms with Crippen molar-refractivity contribution in [1.82, 2.24) is 14.5 Å². The number of nitrogens with zero attached hydrogens (tertiary/aromatic N) is 3. The zero-order valence-electron chi connectivity index (χ0n) is 13.1. The third-order valence-electron chi connectivity index (χ3n) is 4.67.